The smallest absolute Gasteiger partial charge is 0.166 e. The van der Waals surface area contributed by atoms with Crippen molar-refractivity contribution in [2.45, 2.75) is 0 Å². The molecule has 0 saturated carbocycles. The third kappa shape index (κ3) is 7.05. The minimum absolute atomic E-state index is 0.500. The van der Waals surface area contributed by atoms with E-state index in [0.29, 0.717) is 40.5 Å². The normalized spacial score (nSPS) is 11.2. The third-order valence-electron chi connectivity index (χ3n) is 11.2. The number of rotatable bonds is 8. The minimum atomic E-state index is 0.500. The maximum atomic E-state index is 9.45. The number of para-hydroxylation sites is 1. The highest BCUT2D eigenvalue weighted by Gasteiger charge is 2.22. The SMILES string of the molecule is N#Cc1ccc(-c2ccc3c(c2)c2ccccc2n3-c2ccc(-c3nc(-c4ccccc4)nc(-c4ccccc4)n3)cc2-c2nc(-c3ccccc3)nc(-c3ccccc3)n2)cc1. The summed E-state index contributed by atoms with van der Waals surface area (Å²) in [5.74, 6) is 3.28. The number of nitrogens with zero attached hydrogens (tertiary/aromatic N) is 8. The molecule has 0 aliphatic rings. The van der Waals surface area contributed by atoms with E-state index in [0.717, 1.165) is 72.0 Å². The number of benzene rings is 8. The van der Waals surface area contributed by atoms with Crippen molar-refractivity contribution >= 4 is 21.8 Å². The number of hydrogen-bond acceptors (Lipinski definition) is 7. The average molecular weight is 807 g/mol. The van der Waals surface area contributed by atoms with Gasteiger partial charge in [-0.3, -0.25) is 0 Å². The maximum Gasteiger partial charge on any atom is 0.166 e. The van der Waals surface area contributed by atoms with Crippen molar-refractivity contribution in [3.63, 3.8) is 0 Å². The second-order valence-corrected chi connectivity index (χ2v) is 15.1. The molecule has 0 bridgehead atoms. The Bertz CT molecular complexity index is 3380. The number of fused-ring (bicyclic) bond motifs is 3. The molecule has 0 aliphatic heterocycles. The lowest BCUT2D eigenvalue weighted by Gasteiger charge is -2.16. The van der Waals surface area contributed by atoms with Crippen LogP contribution in [0.4, 0.5) is 0 Å². The minimum Gasteiger partial charge on any atom is -0.309 e. The molecular weight excluding hydrogens is 773 g/mol. The molecule has 8 heteroatoms. The van der Waals surface area contributed by atoms with Gasteiger partial charge in [-0.25, -0.2) is 29.9 Å². The van der Waals surface area contributed by atoms with Crippen LogP contribution in [0.25, 0.3) is 107 Å². The summed E-state index contributed by atoms with van der Waals surface area (Å²) in [5, 5.41) is 11.6. The summed E-state index contributed by atoms with van der Waals surface area (Å²) in [5.41, 5.74) is 10.7. The monoisotopic (exact) mass is 806 g/mol. The van der Waals surface area contributed by atoms with Crippen LogP contribution in [0.3, 0.4) is 0 Å². The van der Waals surface area contributed by atoms with Crippen LogP contribution in [0, 0.1) is 11.3 Å². The van der Waals surface area contributed by atoms with E-state index in [1.807, 2.05) is 146 Å². The molecule has 0 spiro atoms. The van der Waals surface area contributed by atoms with E-state index in [1.165, 1.54) is 0 Å². The summed E-state index contributed by atoms with van der Waals surface area (Å²) in [6, 6.07) is 71.2. The summed E-state index contributed by atoms with van der Waals surface area (Å²) in [7, 11) is 0. The predicted octanol–water partition coefficient (Wildman–Crippen LogP) is 12.7. The highest BCUT2D eigenvalue weighted by molar-refractivity contribution is 6.11. The molecule has 63 heavy (non-hydrogen) atoms. The Hall–Kier alpha value is -8.93. The zero-order chi connectivity index (χ0) is 42.1. The van der Waals surface area contributed by atoms with Crippen molar-refractivity contribution in [2.75, 3.05) is 0 Å². The van der Waals surface area contributed by atoms with E-state index in [2.05, 4.69) is 71.3 Å². The van der Waals surface area contributed by atoms with Gasteiger partial charge in [0.2, 0.25) is 0 Å². The lowest BCUT2D eigenvalue weighted by atomic mass is 10.0. The van der Waals surface area contributed by atoms with Crippen molar-refractivity contribution < 1.29 is 0 Å². The summed E-state index contributed by atoms with van der Waals surface area (Å²) in [4.78, 5) is 30.7. The molecule has 0 fully saturated rings. The van der Waals surface area contributed by atoms with E-state index in [1.54, 1.807) is 0 Å². The lowest BCUT2D eigenvalue weighted by Crippen LogP contribution is -2.05. The molecule has 0 unspecified atom stereocenters. The van der Waals surface area contributed by atoms with Crippen LogP contribution < -0.4 is 0 Å². The van der Waals surface area contributed by atoms with Gasteiger partial charge in [0.1, 0.15) is 0 Å². The van der Waals surface area contributed by atoms with Crippen LogP contribution in [0.5, 0.6) is 0 Å². The largest absolute Gasteiger partial charge is 0.309 e. The number of aromatic nitrogens is 7. The van der Waals surface area contributed by atoms with Crippen LogP contribution in [0.15, 0.2) is 206 Å². The van der Waals surface area contributed by atoms with Gasteiger partial charge in [-0.1, -0.05) is 158 Å². The molecule has 0 atom stereocenters. The molecule has 0 aliphatic carbocycles. The molecule has 294 valence electrons. The molecule has 0 radical (unpaired) electrons. The second kappa shape index (κ2) is 15.9. The predicted molar refractivity (Wildman–Crippen MR) is 250 cm³/mol. The van der Waals surface area contributed by atoms with Crippen LogP contribution in [-0.4, -0.2) is 34.5 Å². The molecule has 0 saturated heterocycles. The van der Waals surface area contributed by atoms with Gasteiger partial charge in [-0.2, -0.15) is 5.26 Å². The fourth-order valence-electron chi connectivity index (χ4n) is 8.07. The average Bonchev–Trinajstić information content (AvgIpc) is 3.70. The van der Waals surface area contributed by atoms with Gasteiger partial charge in [0.25, 0.3) is 0 Å². The second-order valence-electron chi connectivity index (χ2n) is 15.1. The van der Waals surface area contributed by atoms with Gasteiger partial charge in [-0.15, -0.1) is 0 Å². The zero-order valence-electron chi connectivity index (χ0n) is 33.7. The van der Waals surface area contributed by atoms with E-state index >= 15 is 0 Å². The van der Waals surface area contributed by atoms with Gasteiger partial charge in [-0.05, 0) is 59.7 Å². The van der Waals surface area contributed by atoms with Crippen molar-refractivity contribution in [2.24, 2.45) is 0 Å². The van der Waals surface area contributed by atoms with Gasteiger partial charge in [0.15, 0.2) is 34.9 Å². The van der Waals surface area contributed by atoms with Crippen LogP contribution in [-0.2, 0) is 0 Å². The van der Waals surface area contributed by atoms with Crippen LogP contribution in [0.2, 0.25) is 0 Å². The quantitative estimate of drug-likeness (QED) is 0.150. The summed E-state index contributed by atoms with van der Waals surface area (Å²) >= 11 is 0. The standard InChI is InChI=1S/C55H34N8/c56-35-36-25-27-37(28-26-36)42-29-31-48-45(33-42)44-23-13-14-24-47(44)63(48)49-32-30-43(54-59-50(38-15-5-1-6-16-38)57-51(60-54)39-17-7-2-8-18-39)34-46(49)55-61-52(40-19-9-3-10-20-40)58-53(62-55)41-21-11-4-12-22-41/h1-34H. The van der Waals surface area contributed by atoms with Crippen molar-refractivity contribution in [1.82, 2.24) is 34.5 Å². The van der Waals surface area contributed by atoms with Gasteiger partial charge in [0.05, 0.1) is 28.4 Å². The lowest BCUT2D eigenvalue weighted by molar-refractivity contribution is 1.06. The Morgan fingerprint density at radius 2 is 0.730 bits per heavy atom. The van der Waals surface area contributed by atoms with Crippen LogP contribution in [0.1, 0.15) is 5.56 Å². The van der Waals surface area contributed by atoms with E-state index < -0.39 is 0 Å². The highest BCUT2D eigenvalue weighted by Crippen LogP contribution is 2.39. The molecule has 11 rings (SSSR count). The summed E-state index contributed by atoms with van der Waals surface area (Å²) in [6.45, 7) is 0. The molecule has 3 aromatic heterocycles. The van der Waals surface area contributed by atoms with Crippen molar-refractivity contribution in [3.05, 3.63) is 212 Å². The van der Waals surface area contributed by atoms with Gasteiger partial charge in [0, 0.05) is 44.2 Å². The first-order valence-corrected chi connectivity index (χ1v) is 20.6. The van der Waals surface area contributed by atoms with E-state index in [4.69, 9.17) is 29.9 Å². The summed E-state index contributed by atoms with van der Waals surface area (Å²) in [6.07, 6.45) is 0. The highest BCUT2D eigenvalue weighted by atomic mass is 15.1. The Balaban J connectivity index is 1.18. The first kappa shape index (κ1) is 37.1. The Morgan fingerprint density at radius 1 is 0.317 bits per heavy atom. The molecule has 0 amide bonds. The molecule has 8 nitrogen and oxygen atoms in total. The maximum absolute atomic E-state index is 9.45. The van der Waals surface area contributed by atoms with E-state index in [-0.39, 0.29) is 0 Å². The van der Waals surface area contributed by atoms with Gasteiger partial charge < -0.3 is 4.57 Å². The molecular formula is C55H34N8. The number of nitriles is 1. The first-order chi connectivity index (χ1) is 31.2. The third-order valence-corrected chi connectivity index (χ3v) is 11.2. The molecule has 3 heterocycles. The van der Waals surface area contributed by atoms with Crippen molar-refractivity contribution in [3.8, 4) is 91.2 Å². The molecule has 11 aromatic rings. The van der Waals surface area contributed by atoms with Crippen molar-refractivity contribution in [1.29, 1.82) is 5.26 Å². The topological polar surface area (TPSA) is 106 Å². The first-order valence-electron chi connectivity index (χ1n) is 20.6. The fourth-order valence-corrected chi connectivity index (χ4v) is 8.07. The van der Waals surface area contributed by atoms with Gasteiger partial charge >= 0.3 is 0 Å². The molecule has 0 N–H and O–H groups in total. The Kier molecular flexibility index (Phi) is 9.37. The molecule has 8 aromatic carbocycles. The Morgan fingerprint density at radius 3 is 1.24 bits per heavy atom. The zero-order valence-corrected chi connectivity index (χ0v) is 33.7. The summed E-state index contributed by atoms with van der Waals surface area (Å²) < 4.78 is 2.29. The van der Waals surface area contributed by atoms with E-state index in [9.17, 15) is 5.26 Å². The van der Waals surface area contributed by atoms with Crippen LogP contribution >= 0.6 is 0 Å². The fraction of sp³-hybridized carbons (Fsp3) is 0. The Labute approximate surface area is 363 Å². The number of hydrogen-bond donors (Lipinski definition) is 0.